The van der Waals surface area contributed by atoms with Crippen LogP contribution < -0.4 is 0 Å². The first-order chi connectivity index (χ1) is 11.2. The summed E-state index contributed by atoms with van der Waals surface area (Å²) in [6.07, 6.45) is 4.64. The van der Waals surface area contributed by atoms with Crippen molar-refractivity contribution in [3.05, 3.63) is 33.2 Å². The second-order valence-corrected chi connectivity index (χ2v) is 7.15. The Hall–Kier alpha value is -1.73. The summed E-state index contributed by atoms with van der Waals surface area (Å²) >= 11 is 1.64. The van der Waals surface area contributed by atoms with Crippen molar-refractivity contribution in [2.45, 2.75) is 38.6 Å². The van der Waals surface area contributed by atoms with Crippen molar-refractivity contribution in [1.82, 2.24) is 15.1 Å². The molecule has 0 bridgehead atoms. The summed E-state index contributed by atoms with van der Waals surface area (Å²) < 4.78 is 11.1. The molecular weight excluding hydrogens is 314 g/mol. The molecule has 4 rings (SSSR count). The van der Waals surface area contributed by atoms with E-state index in [1.165, 1.54) is 23.3 Å². The maximum Gasteiger partial charge on any atom is 0.264 e. The first-order valence-corrected chi connectivity index (χ1v) is 8.84. The van der Waals surface area contributed by atoms with Crippen LogP contribution in [0.25, 0.3) is 0 Å². The van der Waals surface area contributed by atoms with E-state index in [1.54, 1.807) is 18.3 Å². The molecule has 0 aromatic carbocycles. The van der Waals surface area contributed by atoms with Gasteiger partial charge in [0.25, 0.3) is 5.91 Å². The van der Waals surface area contributed by atoms with Gasteiger partial charge in [-0.2, -0.15) is 0 Å². The molecular formula is C16H19N3O3S. The molecule has 2 aromatic rings. The molecule has 1 aliphatic carbocycles. The molecule has 0 spiro atoms. The van der Waals surface area contributed by atoms with E-state index in [4.69, 9.17) is 9.15 Å². The maximum atomic E-state index is 13.0. The zero-order valence-electron chi connectivity index (χ0n) is 13.1. The highest BCUT2D eigenvalue weighted by atomic mass is 32.1. The average molecular weight is 333 g/mol. The van der Waals surface area contributed by atoms with E-state index in [0.29, 0.717) is 31.5 Å². The third-order valence-corrected chi connectivity index (χ3v) is 5.65. The Kier molecular flexibility index (Phi) is 3.90. The van der Waals surface area contributed by atoms with Crippen molar-refractivity contribution < 1.29 is 13.9 Å². The van der Waals surface area contributed by atoms with E-state index in [2.05, 4.69) is 16.3 Å². The number of hydrogen-bond donors (Lipinski definition) is 0. The number of morpholine rings is 1. The van der Waals surface area contributed by atoms with Crippen molar-refractivity contribution in [2.75, 3.05) is 19.8 Å². The number of ether oxygens (including phenoxy) is 1. The summed E-state index contributed by atoms with van der Waals surface area (Å²) in [6, 6.07) is 1.78. The highest BCUT2D eigenvalue weighted by molar-refractivity contribution is 7.14. The number of fused-ring (bicyclic) bond motifs is 1. The first kappa shape index (κ1) is 14.8. The topological polar surface area (TPSA) is 68.5 Å². The van der Waals surface area contributed by atoms with Crippen LogP contribution in [0, 0.1) is 6.92 Å². The van der Waals surface area contributed by atoms with Gasteiger partial charge in [0.1, 0.15) is 6.04 Å². The van der Waals surface area contributed by atoms with Crippen molar-refractivity contribution in [3.63, 3.8) is 0 Å². The van der Waals surface area contributed by atoms with Crippen LogP contribution in [0.3, 0.4) is 0 Å². The fraction of sp³-hybridized carbons (Fsp3) is 0.562. The van der Waals surface area contributed by atoms with Gasteiger partial charge in [0.2, 0.25) is 11.8 Å². The standard InChI is InChI=1S/C16H19N3O3S/c1-10-17-18-15(22-10)12-9-21-7-6-19(12)16(20)14-8-11-4-2-3-5-13(11)23-14/h8,12H,2-7,9H2,1H3/t12-/m1/s1. The molecule has 6 nitrogen and oxygen atoms in total. The Balaban J connectivity index is 1.61. The van der Waals surface area contributed by atoms with Crippen molar-refractivity contribution in [1.29, 1.82) is 0 Å². The molecule has 1 amide bonds. The van der Waals surface area contributed by atoms with Crippen LogP contribution in [0.5, 0.6) is 0 Å². The Bertz CT molecular complexity index is 700. The summed E-state index contributed by atoms with van der Waals surface area (Å²) in [5.41, 5.74) is 1.35. The number of rotatable bonds is 2. The molecule has 0 N–H and O–H groups in total. The molecule has 122 valence electrons. The van der Waals surface area contributed by atoms with Gasteiger partial charge in [0.05, 0.1) is 18.1 Å². The van der Waals surface area contributed by atoms with Crippen LogP contribution in [0.15, 0.2) is 10.5 Å². The summed E-state index contributed by atoms with van der Waals surface area (Å²) in [7, 11) is 0. The van der Waals surface area contributed by atoms with Gasteiger partial charge < -0.3 is 14.1 Å². The third kappa shape index (κ3) is 2.79. The van der Waals surface area contributed by atoms with Gasteiger partial charge in [-0.3, -0.25) is 4.79 Å². The molecule has 7 heteroatoms. The maximum absolute atomic E-state index is 13.0. The van der Waals surface area contributed by atoms with Gasteiger partial charge in [-0.05, 0) is 37.3 Å². The number of carbonyl (C=O) groups is 1. The molecule has 1 aliphatic heterocycles. The van der Waals surface area contributed by atoms with Crippen LogP contribution in [-0.2, 0) is 17.6 Å². The lowest BCUT2D eigenvalue weighted by atomic mass is 9.99. The molecule has 3 heterocycles. The SMILES string of the molecule is Cc1nnc([C@H]2COCCN2C(=O)c2cc3c(s2)CCCC3)o1. The van der Waals surface area contributed by atoms with Crippen molar-refractivity contribution in [3.8, 4) is 0 Å². The number of aromatic nitrogens is 2. The Morgan fingerprint density at radius 3 is 3.00 bits per heavy atom. The van der Waals surface area contributed by atoms with Gasteiger partial charge in [-0.15, -0.1) is 21.5 Å². The fourth-order valence-corrected chi connectivity index (χ4v) is 4.45. The molecule has 23 heavy (non-hydrogen) atoms. The summed E-state index contributed by atoms with van der Waals surface area (Å²) in [4.78, 5) is 17.0. The van der Waals surface area contributed by atoms with Crippen molar-refractivity contribution >= 4 is 17.2 Å². The minimum absolute atomic E-state index is 0.0496. The second-order valence-electron chi connectivity index (χ2n) is 6.01. The van der Waals surface area contributed by atoms with Crippen molar-refractivity contribution in [2.24, 2.45) is 0 Å². The number of carbonyl (C=O) groups excluding carboxylic acids is 1. The second kappa shape index (κ2) is 6.05. The monoisotopic (exact) mass is 333 g/mol. The van der Waals surface area contributed by atoms with Gasteiger partial charge >= 0.3 is 0 Å². The van der Waals surface area contributed by atoms with E-state index in [1.807, 2.05) is 4.90 Å². The number of amides is 1. The highest BCUT2D eigenvalue weighted by Gasteiger charge is 2.34. The summed E-state index contributed by atoms with van der Waals surface area (Å²) in [6.45, 7) is 3.24. The molecule has 1 atom stereocenters. The van der Waals surface area contributed by atoms with E-state index in [9.17, 15) is 4.79 Å². The minimum atomic E-state index is -0.295. The molecule has 0 radical (unpaired) electrons. The molecule has 2 aromatic heterocycles. The predicted molar refractivity (Wildman–Crippen MR) is 84.6 cm³/mol. The normalized spacial score (nSPS) is 21.3. The zero-order chi connectivity index (χ0) is 15.8. The smallest absolute Gasteiger partial charge is 0.264 e. The predicted octanol–water partition coefficient (Wildman–Crippen LogP) is 2.53. The van der Waals surface area contributed by atoms with Gasteiger partial charge in [-0.1, -0.05) is 0 Å². The summed E-state index contributed by atoms with van der Waals surface area (Å²) in [5.74, 6) is 1.01. The zero-order valence-corrected chi connectivity index (χ0v) is 13.9. The van der Waals surface area contributed by atoms with E-state index >= 15 is 0 Å². The minimum Gasteiger partial charge on any atom is -0.423 e. The van der Waals surface area contributed by atoms with Crippen LogP contribution in [0.2, 0.25) is 0 Å². The third-order valence-electron chi connectivity index (χ3n) is 4.42. The Morgan fingerprint density at radius 2 is 2.22 bits per heavy atom. The quantitative estimate of drug-likeness (QED) is 0.845. The van der Waals surface area contributed by atoms with E-state index in [0.717, 1.165) is 17.7 Å². The van der Waals surface area contributed by atoms with E-state index < -0.39 is 0 Å². The lowest BCUT2D eigenvalue weighted by molar-refractivity contribution is -0.0104. The lowest BCUT2D eigenvalue weighted by Crippen LogP contribution is -2.43. The largest absolute Gasteiger partial charge is 0.423 e. The van der Waals surface area contributed by atoms with Crippen LogP contribution in [-0.4, -0.2) is 40.8 Å². The lowest BCUT2D eigenvalue weighted by Gasteiger charge is -2.33. The molecule has 0 saturated carbocycles. The fourth-order valence-electron chi connectivity index (χ4n) is 3.24. The number of hydrogen-bond acceptors (Lipinski definition) is 6. The number of nitrogens with zero attached hydrogens (tertiary/aromatic N) is 3. The number of thiophene rings is 1. The number of aryl methyl sites for hydroxylation is 3. The average Bonchev–Trinajstić information content (AvgIpc) is 3.20. The summed E-state index contributed by atoms with van der Waals surface area (Å²) in [5, 5.41) is 7.95. The van der Waals surface area contributed by atoms with Gasteiger partial charge in [-0.25, -0.2) is 0 Å². The van der Waals surface area contributed by atoms with Crippen LogP contribution in [0.1, 0.15) is 50.8 Å². The first-order valence-electron chi connectivity index (χ1n) is 8.02. The Morgan fingerprint density at radius 1 is 1.35 bits per heavy atom. The molecule has 1 saturated heterocycles. The van der Waals surface area contributed by atoms with Crippen LogP contribution >= 0.6 is 11.3 Å². The van der Waals surface area contributed by atoms with E-state index in [-0.39, 0.29) is 11.9 Å². The molecule has 2 aliphatic rings. The highest BCUT2D eigenvalue weighted by Crippen LogP contribution is 2.32. The molecule has 1 fully saturated rings. The Labute approximate surface area is 138 Å². The molecule has 0 unspecified atom stereocenters. The van der Waals surface area contributed by atoms with Crippen LogP contribution in [0.4, 0.5) is 0 Å². The van der Waals surface area contributed by atoms with Gasteiger partial charge in [0.15, 0.2) is 0 Å². The van der Waals surface area contributed by atoms with Gasteiger partial charge in [0, 0.05) is 18.3 Å².